The zero-order valence-corrected chi connectivity index (χ0v) is 11.3. The van der Waals surface area contributed by atoms with Crippen LogP contribution in [-0.4, -0.2) is 36.0 Å². The van der Waals surface area contributed by atoms with Gasteiger partial charge in [-0.1, -0.05) is 0 Å². The zero-order chi connectivity index (χ0) is 14.8. The Morgan fingerprint density at radius 1 is 1.30 bits per heavy atom. The highest BCUT2D eigenvalue weighted by molar-refractivity contribution is 6.10. The van der Waals surface area contributed by atoms with Crippen LogP contribution in [0.5, 0.6) is 5.75 Å². The standard InChI is InChI=1S/C13H14N2O5/c1-13(2)19-11(16)10(12(17)20-13)7-15-8-4-9(18-3)6-14-5-8/h4-7,10H,1-3H3. The predicted octanol–water partition coefficient (Wildman–Crippen LogP) is 1.24. The first-order chi connectivity index (χ1) is 9.41. The van der Waals surface area contributed by atoms with Crippen molar-refractivity contribution in [2.24, 2.45) is 10.9 Å². The number of carbonyl (C=O) groups is 2. The average Bonchev–Trinajstić information content (AvgIpc) is 2.36. The van der Waals surface area contributed by atoms with Crippen LogP contribution in [0.1, 0.15) is 13.8 Å². The van der Waals surface area contributed by atoms with Gasteiger partial charge in [-0.15, -0.1) is 0 Å². The van der Waals surface area contributed by atoms with Crippen molar-refractivity contribution < 1.29 is 23.8 Å². The van der Waals surface area contributed by atoms with Crippen LogP contribution in [0.15, 0.2) is 23.5 Å². The molecule has 1 aliphatic rings. The number of nitrogens with zero attached hydrogens (tertiary/aromatic N) is 2. The maximum absolute atomic E-state index is 11.7. The van der Waals surface area contributed by atoms with E-state index in [1.54, 1.807) is 6.07 Å². The molecule has 0 bridgehead atoms. The smallest absolute Gasteiger partial charge is 0.329 e. The number of aromatic nitrogens is 1. The third-order valence-electron chi connectivity index (χ3n) is 2.51. The number of carbonyl (C=O) groups excluding carboxylic acids is 2. The Hall–Kier alpha value is -2.44. The number of esters is 2. The molecule has 20 heavy (non-hydrogen) atoms. The molecule has 0 aliphatic carbocycles. The van der Waals surface area contributed by atoms with Crippen LogP contribution in [0.2, 0.25) is 0 Å². The van der Waals surface area contributed by atoms with Crippen molar-refractivity contribution >= 4 is 23.8 Å². The number of methoxy groups -OCH3 is 1. The third-order valence-corrected chi connectivity index (χ3v) is 2.51. The molecule has 106 valence electrons. The SMILES string of the molecule is COc1cncc(N=CC2C(=O)OC(C)(C)OC2=O)c1. The zero-order valence-electron chi connectivity index (χ0n) is 11.3. The number of rotatable bonds is 3. The van der Waals surface area contributed by atoms with E-state index in [1.165, 1.54) is 39.6 Å². The van der Waals surface area contributed by atoms with E-state index in [-0.39, 0.29) is 0 Å². The molecule has 1 aliphatic heterocycles. The van der Waals surface area contributed by atoms with Gasteiger partial charge in [-0.3, -0.25) is 19.6 Å². The van der Waals surface area contributed by atoms with Crippen molar-refractivity contribution in [1.29, 1.82) is 0 Å². The maximum atomic E-state index is 11.7. The molecule has 1 saturated heterocycles. The Labute approximate surface area is 115 Å². The Kier molecular flexibility index (Phi) is 3.69. The van der Waals surface area contributed by atoms with Gasteiger partial charge in [0, 0.05) is 26.1 Å². The molecule has 1 fully saturated rings. The molecule has 7 heteroatoms. The van der Waals surface area contributed by atoms with Crippen LogP contribution in [0.4, 0.5) is 5.69 Å². The van der Waals surface area contributed by atoms with Crippen LogP contribution >= 0.6 is 0 Å². The summed E-state index contributed by atoms with van der Waals surface area (Å²) in [7, 11) is 1.50. The predicted molar refractivity (Wildman–Crippen MR) is 68.7 cm³/mol. The van der Waals surface area contributed by atoms with Gasteiger partial charge in [0.05, 0.1) is 25.2 Å². The Bertz CT molecular complexity index is 548. The van der Waals surface area contributed by atoms with E-state index >= 15 is 0 Å². The highest BCUT2D eigenvalue weighted by atomic mass is 16.7. The first kappa shape index (κ1) is 14.0. The minimum Gasteiger partial charge on any atom is -0.495 e. The second-order valence-electron chi connectivity index (χ2n) is 4.58. The summed E-state index contributed by atoms with van der Waals surface area (Å²) in [5.41, 5.74) is 0.454. The van der Waals surface area contributed by atoms with Gasteiger partial charge in [-0.2, -0.15) is 0 Å². The van der Waals surface area contributed by atoms with Gasteiger partial charge in [0.1, 0.15) is 5.75 Å². The first-order valence-electron chi connectivity index (χ1n) is 5.90. The Morgan fingerprint density at radius 3 is 2.55 bits per heavy atom. The van der Waals surface area contributed by atoms with Crippen LogP contribution < -0.4 is 4.74 Å². The van der Waals surface area contributed by atoms with Crippen molar-refractivity contribution in [3.05, 3.63) is 18.5 Å². The highest BCUT2D eigenvalue weighted by Gasteiger charge is 2.42. The van der Waals surface area contributed by atoms with Crippen LogP contribution in [0.3, 0.4) is 0 Å². The minimum absolute atomic E-state index is 0.454. The van der Waals surface area contributed by atoms with E-state index in [1.807, 2.05) is 0 Å². The second-order valence-corrected chi connectivity index (χ2v) is 4.58. The molecular weight excluding hydrogens is 264 g/mol. The molecule has 0 spiro atoms. The van der Waals surface area contributed by atoms with Crippen LogP contribution in [0.25, 0.3) is 0 Å². The Morgan fingerprint density at radius 2 is 1.95 bits per heavy atom. The average molecular weight is 278 g/mol. The molecule has 0 saturated carbocycles. The summed E-state index contributed by atoms with van der Waals surface area (Å²) >= 11 is 0. The number of hydrogen-bond donors (Lipinski definition) is 0. The molecule has 2 heterocycles. The van der Waals surface area contributed by atoms with Crippen molar-refractivity contribution in [3.63, 3.8) is 0 Å². The number of hydrogen-bond acceptors (Lipinski definition) is 7. The number of cyclic esters (lactones) is 2. The summed E-state index contributed by atoms with van der Waals surface area (Å²) < 4.78 is 14.9. The summed E-state index contributed by atoms with van der Waals surface area (Å²) in [6.07, 6.45) is 4.17. The molecule has 0 unspecified atom stereocenters. The van der Waals surface area contributed by atoms with Gasteiger partial charge in [0.2, 0.25) is 0 Å². The van der Waals surface area contributed by atoms with E-state index < -0.39 is 23.6 Å². The molecule has 7 nitrogen and oxygen atoms in total. The highest BCUT2D eigenvalue weighted by Crippen LogP contribution is 2.23. The van der Waals surface area contributed by atoms with Crippen LogP contribution in [-0.2, 0) is 19.1 Å². The van der Waals surface area contributed by atoms with E-state index in [0.717, 1.165) is 0 Å². The fourth-order valence-corrected chi connectivity index (χ4v) is 1.60. The first-order valence-corrected chi connectivity index (χ1v) is 5.90. The summed E-state index contributed by atoms with van der Waals surface area (Å²) in [6, 6.07) is 1.62. The molecule has 0 N–H and O–H groups in total. The fourth-order valence-electron chi connectivity index (χ4n) is 1.60. The molecule has 2 rings (SSSR count). The summed E-state index contributed by atoms with van der Waals surface area (Å²) in [6.45, 7) is 2.98. The minimum atomic E-state index is -1.24. The number of aliphatic imine (C=N–C) groups is 1. The second kappa shape index (κ2) is 5.28. The van der Waals surface area contributed by atoms with Crippen LogP contribution in [0, 0.1) is 5.92 Å². The van der Waals surface area contributed by atoms with Gasteiger partial charge in [-0.05, 0) is 0 Å². The summed E-state index contributed by atoms with van der Waals surface area (Å²) in [5, 5.41) is 0. The van der Waals surface area contributed by atoms with Crippen molar-refractivity contribution in [2.45, 2.75) is 19.6 Å². The van der Waals surface area contributed by atoms with Gasteiger partial charge < -0.3 is 14.2 Å². The number of pyridine rings is 1. The number of ether oxygens (including phenoxy) is 3. The summed E-state index contributed by atoms with van der Waals surface area (Å²) in [4.78, 5) is 31.3. The maximum Gasteiger partial charge on any atom is 0.329 e. The van der Waals surface area contributed by atoms with Crippen molar-refractivity contribution in [3.8, 4) is 5.75 Å². The lowest BCUT2D eigenvalue weighted by Crippen LogP contribution is -2.46. The molecule has 1 aromatic rings. The lowest BCUT2D eigenvalue weighted by Gasteiger charge is -2.31. The molecule has 1 aromatic heterocycles. The van der Waals surface area contributed by atoms with Crippen molar-refractivity contribution in [1.82, 2.24) is 4.98 Å². The summed E-state index contributed by atoms with van der Waals surface area (Å²) in [5.74, 6) is -3.27. The molecule has 0 atom stereocenters. The van der Waals surface area contributed by atoms with E-state index in [2.05, 4.69) is 9.98 Å². The normalized spacial score (nSPS) is 18.8. The van der Waals surface area contributed by atoms with E-state index in [9.17, 15) is 9.59 Å². The third kappa shape index (κ3) is 3.11. The topological polar surface area (TPSA) is 87.1 Å². The van der Waals surface area contributed by atoms with Gasteiger partial charge >= 0.3 is 11.9 Å². The quantitative estimate of drug-likeness (QED) is 0.469. The molecular formula is C13H14N2O5. The largest absolute Gasteiger partial charge is 0.495 e. The molecule has 0 radical (unpaired) electrons. The van der Waals surface area contributed by atoms with Crippen molar-refractivity contribution in [2.75, 3.05) is 7.11 Å². The molecule has 0 amide bonds. The fraction of sp³-hybridized carbons (Fsp3) is 0.385. The van der Waals surface area contributed by atoms with Gasteiger partial charge in [-0.25, -0.2) is 0 Å². The monoisotopic (exact) mass is 278 g/mol. The van der Waals surface area contributed by atoms with Gasteiger partial charge in [0.25, 0.3) is 5.79 Å². The molecule has 0 aromatic carbocycles. The van der Waals surface area contributed by atoms with Gasteiger partial charge in [0.15, 0.2) is 5.92 Å². The van der Waals surface area contributed by atoms with E-state index in [0.29, 0.717) is 11.4 Å². The lowest BCUT2D eigenvalue weighted by molar-refractivity contribution is -0.235. The lowest BCUT2D eigenvalue weighted by atomic mass is 10.1. The Balaban J connectivity index is 2.14. The van der Waals surface area contributed by atoms with E-state index in [4.69, 9.17) is 14.2 Å².